The van der Waals surface area contributed by atoms with Gasteiger partial charge in [-0.25, -0.2) is 28.2 Å². The number of benzene rings is 3. The van der Waals surface area contributed by atoms with Crippen LogP contribution in [0.2, 0.25) is 0 Å². The zero-order valence-corrected chi connectivity index (χ0v) is 29.1. The molecule has 3 N–H and O–H groups in total. The highest BCUT2D eigenvalue weighted by atomic mass is 32.2. The van der Waals surface area contributed by atoms with Gasteiger partial charge in [-0.05, 0) is 86.3 Å². The van der Waals surface area contributed by atoms with Gasteiger partial charge in [0.25, 0.3) is 0 Å². The van der Waals surface area contributed by atoms with Crippen molar-refractivity contribution in [2.45, 2.75) is 57.5 Å². The molecule has 0 spiro atoms. The number of anilines is 2. The number of fused-ring (bicyclic) bond motifs is 1. The fraction of sp³-hybridized carbons (Fsp3) is 0.294. The normalized spacial score (nSPS) is 12.3. The van der Waals surface area contributed by atoms with Gasteiger partial charge in [-0.2, -0.15) is 13.2 Å². The lowest BCUT2D eigenvalue weighted by molar-refractivity contribution is -0.200. The fourth-order valence-electron chi connectivity index (χ4n) is 4.93. The smallest absolute Gasteiger partial charge is 0.493 e. The zero-order chi connectivity index (χ0) is 38.4. The molecule has 4 aromatic rings. The highest BCUT2D eigenvalue weighted by Crippen LogP contribution is 2.32. The summed E-state index contributed by atoms with van der Waals surface area (Å²) < 4.78 is 91.6. The van der Waals surface area contributed by atoms with E-state index in [2.05, 4.69) is 15.1 Å². The van der Waals surface area contributed by atoms with Gasteiger partial charge in [0, 0.05) is 29.9 Å². The van der Waals surface area contributed by atoms with Crippen molar-refractivity contribution in [3.8, 4) is 5.75 Å². The largest absolute Gasteiger partial charge is 0.494 e. The van der Waals surface area contributed by atoms with E-state index in [0.717, 1.165) is 34.7 Å². The van der Waals surface area contributed by atoms with Crippen LogP contribution in [0.15, 0.2) is 78.0 Å². The number of rotatable bonds is 12. The van der Waals surface area contributed by atoms with Crippen LogP contribution in [0.1, 0.15) is 44.9 Å². The summed E-state index contributed by atoms with van der Waals surface area (Å²) in [6.45, 7) is 5.40. The van der Waals surface area contributed by atoms with E-state index in [1.165, 1.54) is 32.9 Å². The predicted molar refractivity (Wildman–Crippen MR) is 181 cm³/mol. The van der Waals surface area contributed by atoms with Gasteiger partial charge in [0.2, 0.25) is 5.91 Å². The second-order valence-corrected chi connectivity index (χ2v) is 13.6. The Morgan fingerprint density at radius 1 is 0.962 bits per heavy atom. The molecule has 0 bridgehead atoms. The first-order chi connectivity index (χ1) is 24.5. The van der Waals surface area contributed by atoms with Gasteiger partial charge in [0.05, 0.1) is 34.7 Å². The molecule has 0 saturated heterocycles. The van der Waals surface area contributed by atoms with Crippen molar-refractivity contribution in [1.29, 1.82) is 0 Å². The van der Waals surface area contributed by atoms with E-state index in [1.54, 1.807) is 43.6 Å². The maximum atomic E-state index is 15.5. The molecule has 2 amide bonds. The van der Waals surface area contributed by atoms with Crippen LogP contribution >= 0.6 is 0 Å². The summed E-state index contributed by atoms with van der Waals surface area (Å²) in [6, 6.07) is 11.6. The number of nitrogens with zero attached hydrogens (tertiary/aromatic N) is 3. The Hall–Kier alpha value is -5.49. The molecule has 3 aromatic carbocycles. The van der Waals surface area contributed by atoms with Gasteiger partial charge in [-0.15, -0.1) is 5.06 Å². The molecule has 0 saturated carbocycles. The van der Waals surface area contributed by atoms with Crippen LogP contribution in [0.3, 0.4) is 0 Å². The standard InChI is InChI=1S/C34H35F4N5O8S/c1-5-49-26-10-11-28(35)27(17-26)30(42(39)24-8-7-22-18-40-14-13-21(22)15-24)31(44)41-19-23-16-25(9-12-29(23)52(47,48)6-2)43(33(46)50-20(3)4)51-32(45)34(36,37)38/h7-18,20,30H,5-6,19,39H2,1-4H3,(H,41,44). The molecule has 0 aliphatic rings. The Kier molecular flexibility index (Phi) is 12.3. The highest BCUT2D eigenvalue weighted by molar-refractivity contribution is 7.91. The molecule has 278 valence electrons. The predicted octanol–water partition coefficient (Wildman–Crippen LogP) is 5.68. The van der Waals surface area contributed by atoms with Crippen LogP contribution in [0.4, 0.5) is 33.7 Å². The van der Waals surface area contributed by atoms with Gasteiger partial charge in [0.1, 0.15) is 11.6 Å². The molecular weight excluding hydrogens is 714 g/mol. The first-order valence-electron chi connectivity index (χ1n) is 15.7. The topological polar surface area (TPSA) is 170 Å². The van der Waals surface area contributed by atoms with Gasteiger partial charge < -0.3 is 19.6 Å². The Bertz CT molecular complexity index is 2060. The number of nitrogens with two attached hydrogens (primary N) is 1. The van der Waals surface area contributed by atoms with Crippen molar-refractivity contribution < 1.29 is 54.7 Å². The Morgan fingerprint density at radius 3 is 2.33 bits per heavy atom. The summed E-state index contributed by atoms with van der Waals surface area (Å²) in [5.74, 6) is 1.79. The third-order valence-electron chi connectivity index (χ3n) is 7.38. The fourth-order valence-corrected chi connectivity index (χ4v) is 6.05. The highest BCUT2D eigenvalue weighted by Gasteiger charge is 2.44. The van der Waals surface area contributed by atoms with Crippen molar-refractivity contribution in [3.63, 3.8) is 0 Å². The number of pyridine rings is 1. The SMILES string of the molecule is CCOc1ccc(F)c(C(C(=O)NCc2cc(N(OC(=O)C(F)(F)F)C(=O)OC(C)C)ccc2S(=O)(=O)CC)N(N)c2ccc3cnccc3c2)c1. The lowest BCUT2D eigenvalue weighted by Gasteiger charge is -2.29. The Morgan fingerprint density at radius 2 is 1.67 bits per heavy atom. The minimum atomic E-state index is -5.52. The molecule has 0 radical (unpaired) electrons. The molecule has 0 fully saturated rings. The van der Waals surface area contributed by atoms with Gasteiger partial charge in [-0.3, -0.25) is 14.8 Å². The number of amides is 2. The molecule has 4 rings (SSSR count). The number of sulfone groups is 1. The summed E-state index contributed by atoms with van der Waals surface area (Å²) in [7, 11) is -4.07. The number of nitrogens with one attached hydrogen (secondary N) is 1. The van der Waals surface area contributed by atoms with Crippen molar-refractivity contribution in [2.75, 3.05) is 22.4 Å². The van der Waals surface area contributed by atoms with Crippen molar-refractivity contribution >= 4 is 50.0 Å². The number of hydrogen-bond acceptors (Lipinski definition) is 11. The van der Waals surface area contributed by atoms with E-state index >= 15 is 4.39 Å². The van der Waals surface area contributed by atoms with Crippen molar-refractivity contribution in [3.05, 3.63) is 90.0 Å². The van der Waals surface area contributed by atoms with Crippen LogP contribution in [0.5, 0.6) is 5.75 Å². The van der Waals surface area contributed by atoms with Gasteiger partial charge in [0.15, 0.2) is 15.9 Å². The number of halogens is 4. The number of alkyl halides is 3. The quantitative estimate of drug-likeness (QED) is 0.104. The molecule has 1 unspecified atom stereocenters. The summed E-state index contributed by atoms with van der Waals surface area (Å²) >= 11 is 0. The molecule has 1 atom stereocenters. The Labute approximate surface area is 296 Å². The second kappa shape index (κ2) is 16.2. The number of hydrazine groups is 1. The zero-order valence-electron chi connectivity index (χ0n) is 28.3. The van der Waals surface area contributed by atoms with Crippen molar-refractivity contribution in [2.24, 2.45) is 5.84 Å². The maximum Gasteiger partial charge on any atom is 0.493 e. The number of ether oxygens (including phenoxy) is 2. The monoisotopic (exact) mass is 749 g/mol. The van der Waals surface area contributed by atoms with E-state index in [0.29, 0.717) is 5.39 Å². The molecular formula is C34H35F4N5O8S. The van der Waals surface area contributed by atoms with Crippen molar-refractivity contribution in [1.82, 2.24) is 10.3 Å². The average molecular weight is 750 g/mol. The first-order valence-corrected chi connectivity index (χ1v) is 17.3. The van der Waals surface area contributed by atoms with E-state index in [9.17, 15) is 36.0 Å². The summed E-state index contributed by atoms with van der Waals surface area (Å²) in [4.78, 5) is 46.6. The third kappa shape index (κ3) is 9.24. The third-order valence-corrected chi connectivity index (χ3v) is 9.21. The summed E-state index contributed by atoms with van der Waals surface area (Å²) in [6.07, 6.45) is -4.75. The van der Waals surface area contributed by atoms with Gasteiger partial charge in [-0.1, -0.05) is 13.0 Å². The summed E-state index contributed by atoms with van der Waals surface area (Å²) in [5, 5.41) is 4.90. The van der Waals surface area contributed by atoms with Crippen LogP contribution in [-0.2, 0) is 35.5 Å². The number of carbonyl (C=O) groups is 3. The van der Waals surface area contributed by atoms with Gasteiger partial charge >= 0.3 is 18.2 Å². The van der Waals surface area contributed by atoms with E-state index in [1.807, 2.05) is 0 Å². The minimum absolute atomic E-state index is 0.0856. The van der Waals surface area contributed by atoms with E-state index < -0.39 is 69.9 Å². The number of hydrogen-bond donors (Lipinski definition) is 2. The molecule has 0 aliphatic carbocycles. The number of aromatic nitrogens is 1. The average Bonchev–Trinajstić information content (AvgIpc) is 3.09. The molecule has 1 aromatic heterocycles. The lowest BCUT2D eigenvalue weighted by Crippen LogP contribution is -2.45. The molecule has 0 aliphatic heterocycles. The molecule has 18 heteroatoms. The van der Waals surface area contributed by atoms with Crippen LogP contribution in [0.25, 0.3) is 10.8 Å². The van der Waals surface area contributed by atoms with Crippen LogP contribution < -0.4 is 26.0 Å². The molecule has 52 heavy (non-hydrogen) atoms. The number of carbonyl (C=O) groups excluding carboxylic acids is 3. The summed E-state index contributed by atoms with van der Waals surface area (Å²) in [5.41, 5.74) is -0.706. The Balaban J connectivity index is 1.79. The van der Waals surface area contributed by atoms with E-state index in [-0.39, 0.29) is 39.1 Å². The van der Waals surface area contributed by atoms with E-state index in [4.69, 9.17) is 15.3 Å². The van der Waals surface area contributed by atoms with Crippen LogP contribution in [0, 0.1) is 5.82 Å². The maximum absolute atomic E-state index is 15.5. The lowest BCUT2D eigenvalue weighted by atomic mass is 10.0. The second-order valence-electron chi connectivity index (χ2n) is 11.3. The first kappa shape index (κ1) is 39.3. The van der Waals surface area contributed by atoms with Crippen LogP contribution in [-0.4, -0.2) is 56.0 Å². The number of hydroxylamine groups is 1. The minimum Gasteiger partial charge on any atom is -0.494 e. The molecule has 13 nitrogen and oxygen atoms in total. The molecule has 1 heterocycles.